The first-order valence-electron chi connectivity index (χ1n) is 4.39. The number of benzene rings is 1. The molecule has 0 radical (unpaired) electrons. The largest absolute Gasteiger partial charge is 0.493 e. The van der Waals surface area contributed by atoms with Gasteiger partial charge < -0.3 is 14.3 Å². The molecule has 0 heterocycles. The third-order valence-electron chi connectivity index (χ3n) is 1.91. The Kier molecular flexibility index (Phi) is 4.33. The van der Waals surface area contributed by atoms with E-state index in [2.05, 4.69) is 10.3 Å². The first-order chi connectivity index (χ1) is 7.22. The third-order valence-corrected chi connectivity index (χ3v) is 1.91. The van der Waals surface area contributed by atoms with E-state index in [9.17, 15) is 4.39 Å². The van der Waals surface area contributed by atoms with Gasteiger partial charge in [-0.25, -0.2) is 4.39 Å². The van der Waals surface area contributed by atoms with Gasteiger partial charge >= 0.3 is 0 Å². The third kappa shape index (κ3) is 2.81. The lowest BCUT2D eigenvalue weighted by molar-refractivity contribution is 0.0866. The average Bonchev–Trinajstić information content (AvgIpc) is 2.25. The van der Waals surface area contributed by atoms with E-state index < -0.39 is 5.82 Å². The van der Waals surface area contributed by atoms with Crippen LogP contribution in [0.5, 0.6) is 11.5 Å². The molecule has 0 saturated carbocycles. The highest BCUT2D eigenvalue weighted by Gasteiger charge is 2.11. The fourth-order valence-electron chi connectivity index (χ4n) is 1.23. The van der Waals surface area contributed by atoms with Crippen LogP contribution >= 0.6 is 0 Å². The second-order valence-electron chi connectivity index (χ2n) is 2.84. The van der Waals surface area contributed by atoms with Crippen LogP contribution in [0.2, 0.25) is 0 Å². The average molecular weight is 215 g/mol. The fourth-order valence-corrected chi connectivity index (χ4v) is 1.23. The number of hydrogen-bond donors (Lipinski definition) is 1. The lowest BCUT2D eigenvalue weighted by atomic mass is 10.2. The van der Waals surface area contributed by atoms with E-state index in [1.807, 2.05) is 0 Å². The van der Waals surface area contributed by atoms with Crippen molar-refractivity contribution in [1.29, 1.82) is 0 Å². The molecule has 1 aromatic rings. The van der Waals surface area contributed by atoms with Gasteiger partial charge in [0.25, 0.3) is 0 Å². The predicted molar refractivity (Wildman–Crippen MR) is 53.4 cm³/mol. The van der Waals surface area contributed by atoms with E-state index in [4.69, 9.17) is 9.47 Å². The topological polar surface area (TPSA) is 39.7 Å². The highest BCUT2D eigenvalue weighted by molar-refractivity contribution is 5.44. The van der Waals surface area contributed by atoms with Gasteiger partial charge in [-0.05, 0) is 17.7 Å². The Bertz CT molecular complexity index is 331. The molecule has 0 aliphatic carbocycles. The molecule has 15 heavy (non-hydrogen) atoms. The summed E-state index contributed by atoms with van der Waals surface area (Å²) in [7, 11) is 4.36. The lowest BCUT2D eigenvalue weighted by Gasteiger charge is -2.10. The van der Waals surface area contributed by atoms with Gasteiger partial charge in [0.05, 0.1) is 21.3 Å². The summed E-state index contributed by atoms with van der Waals surface area (Å²) in [5.74, 6) is 0.0221. The van der Waals surface area contributed by atoms with Crippen LogP contribution in [0, 0.1) is 5.82 Å². The van der Waals surface area contributed by atoms with Gasteiger partial charge in [-0.2, -0.15) is 5.48 Å². The van der Waals surface area contributed by atoms with Crippen molar-refractivity contribution in [1.82, 2.24) is 5.48 Å². The Morgan fingerprint density at radius 1 is 1.20 bits per heavy atom. The maximum absolute atomic E-state index is 13.5. The molecule has 0 atom stereocenters. The zero-order chi connectivity index (χ0) is 11.3. The maximum atomic E-state index is 13.5. The standard InChI is InChI=1S/C10H14FNO3/c1-13-9-5-7(6-12-15-3)4-8(11)10(9)14-2/h4-5,12H,6H2,1-3H3. The van der Waals surface area contributed by atoms with Crippen LogP contribution in [0.4, 0.5) is 4.39 Å². The molecule has 0 aliphatic heterocycles. The van der Waals surface area contributed by atoms with Crippen molar-refractivity contribution in [3.8, 4) is 11.5 Å². The van der Waals surface area contributed by atoms with Crippen LogP contribution in [0.3, 0.4) is 0 Å². The summed E-state index contributed by atoms with van der Waals surface area (Å²) >= 11 is 0. The van der Waals surface area contributed by atoms with Gasteiger partial charge in [-0.1, -0.05) is 0 Å². The molecule has 4 nitrogen and oxygen atoms in total. The van der Waals surface area contributed by atoms with Crippen LogP contribution in [0.1, 0.15) is 5.56 Å². The molecule has 1 aromatic carbocycles. The predicted octanol–water partition coefficient (Wildman–Crippen LogP) is 1.49. The normalized spacial score (nSPS) is 10.1. The van der Waals surface area contributed by atoms with Crippen molar-refractivity contribution in [3.05, 3.63) is 23.5 Å². The van der Waals surface area contributed by atoms with Crippen molar-refractivity contribution < 1.29 is 18.7 Å². The van der Waals surface area contributed by atoms with Gasteiger partial charge in [0.2, 0.25) is 0 Å². The van der Waals surface area contributed by atoms with Crippen LogP contribution < -0.4 is 15.0 Å². The minimum absolute atomic E-state index is 0.110. The number of methoxy groups -OCH3 is 2. The molecule has 0 bridgehead atoms. The Morgan fingerprint density at radius 2 is 1.93 bits per heavy atom. The molecule has 0 fully saturated rings. The molecular formula is C10H14FNO3. The van der Waals surface area contributed by atoms with Gasteiger partial charge in [0.15, 0.2) is 17.3 Å². The zero-order valence-corrected chi connectivity index (χ0v) is 8.96. The molecule has 1 rings (SSSR count). The van der Waals surface area contributed by atoms with Crippen molar-refractivity contribution in [2.24, 2.45) is 0 Å². The summed E-state index contributed by atoms with van der Waals surface area (Å²) in [5, 5.41) is 0. The first kappa shape index (κ1) is 11.7. The quantitative estimate of drug-likeness (QED) is 0.755. The van der Waals surface area contributed by atoms with Crippen LogP contribution in [-0.4, -0.2) is 21.3 Å². The second-order valence-corrected chi connectivity index (χ2v) is 2.84. The molecule has 0 aromatic heterocycles. The van der Waals surface area contributed by atoms with E-state index in [0.29, 0.717) is 17.9 Å². The fraction of sp³-hybridized carbons (Fsp3) is 0.400. The Morgan fingerprint density at radius 3 is 2.47 bits per heavy atom. The summed E-state index contributed by atoms with van der Waals surface area (Å²) in [4.78, 5) is 4.67. The van der Waals surface area contributed by atoms with E-state index >= 15 is 0 Å². The molecule has 0 unspecified atom stereocenters. The number of rotatable bonds is 5. The Balaban J connectivity index is 2.97. The summed E-state index contributed by atoms with van der Waals surface area (Å²) in [6.45, 7) is 0.397. The molecule has 0 amide bonds. The second kappa shape index (κ2) is 5.53. The molecule has 0 saturated heterocycles. The lowest BCUT2D eigenvalue weighted by Crippen LogP contribution is -2.11. The van der Waals surface area contributed by atoms with Crippen LogP contribution in [0.15, 0.2) is 12.1 Å². The van der Waals surface area contributed by atoms with Crippen molar-refractivity contribution >= 4 is 0 Å². The summed E-state index contributed by atoms with van der Waals surface area (Å²) < 4.78 is 23.3. The van der Waals surface area contributed by atoms with Crippen molar-refractivity contribution in [2.75, 3.05) is 21.3 Å². The van der Waals surface area contributed by atoms with Gasteiger partial charge in [-0.15, -0.1) is 0 Å². The highest BCUT2D eigenvalue weighted by atomic mass is 19.1. The summed E-state index contributed by atoms with van der Waals surface area (Å²) in [6, 6.07) is 3.06. The summed E-state index contributed by atoms with van der Waals surface area (Å²) in [5.41, 5.74) is 3.33. The minimum atomic E-state index is -0.454. The Labute approximate surface area is 87.9 Å². The number of halogens is 1. The number of nitrogens with one attached hydrogen (secondary N) is 1. The van der Waals surface area contributed by atoms with Crippen LogP contribution in [0.25, 0.3) is 0 Å². The molecule has 1 N–H and O–H groups in total. The zero-order valence-electron chi connectivity index (χ0n) is 8.96. The SMILES string of the molecule is CONCc1cc(F)c(OC)c(OC)c1. The van der Waals surface area contributed by atoms with E-state index in [1.54, 1.807) is 6.07 Å². The monoisotopic (exact) mass is 215 g/mol. The molecule has 0 spiro atoms. The van der Waals surface area contributed by atoms with Gasteiger partial charge in [0.1, 0.15) is 0 Å². The summed E-state index contributed by atoms with van der Waals surface area (Å²) in [6.07, 6.45) is 0. The smallest absolute Gasteiger partial charge is 0.196 e. The maximum Gasteiger partial charge on any atom is 0.196 e. The molecule has 0 aliphatic rings. The van der Waals surface area contributed by atoms with E-state index in [0.717, 1.165) is 0 Å². The highest BCUT2D eigenvalue weighted by Crippen LogP contribution is 2.31. The van der Waals surface area contributed by atoms with E-state index in [1.165, 1.54) is 27.4 Å². The molecule has 5 heteroatoms. The van der Waals surface area contributed by atoms with Crippen molar-refractivity contribution in [3.63, 3.8) is 0 Å². The number of hydroxylamine groups is 1. The Hall–Kier alpha value is -1.33. The molecular weight excluding hydrogens is 201 g/mol. The first-order valence-corrected chi connectivity index (χ1v) is 4.39. The minimum Gasteiger partial charge on any atom is -0.493 e. The van der Waals surface area contributed by atoms with Gasteiger partial charge in [-0.3, -0.25) is 0 Å². The van der Waals surface area contributed by atoms with Crippen LogP contribution in [-0.2, 0) is 11.4 Å². The van der Waals surface area contributed by atoms with E-state index in [-0.39, 0.29) is 5.75 Å². The number of hydrogen-bond acceptors (Lipinski definition) is 4. The molecule has 84 valence electrons. The van der Waals surface area contributed by atoms with Crippen molar-refractivity contribution in [2.45, 2.75) is 6.54 Å². The van der Waals surface area contributed by atoms with Gasteiger partial charge in [0, 0.05) is 6.54 Å². The number of ether oxygens (including phenoxy) is 2.